The van der Waals surface area contributed by atoms with Crippen LogP contribution in [0, 0.1) is 5.92 Å². The SMILES string of the molecule is CCCCOC(=O)C(C)CCC(C)(C)OC. The highest BCUT2D eigenvalue weighted by molar-refractivity contribution is 5.71. The molecule has 96 valence electrons. The van der Waals surface area contributed by atoms with E-state index in [4.69, 9.17) is 9.47 Å². The van der Waals surface area contributed by atoms with E-state index in [9.17, 15) is 4.79 Å². The topological polar surface area (TPSA) is 35.5 Å². The highest BCUT2D eigenvalue weighted by Crippen LogP contribution is 2.19. The first-order valence-electron chi connectivity index (χ1n) is 6.14. The Morgan fingerprint density at radius 1 is 1.38 bits per heavy atom. The summed E-state index contributed by atoms with van der Waals surface area (Å²) in [6.45, 7) is 8.61. The van der Waals surface area contributed by atoms with Crippen molar-refractivity contribution in [3.8, 4) is 0 Å². The smallest absolute Gasteiger partial charge is 0.308 e. The number of carbonyl (C=O) groups is 1. The van der Waals surface area contributed by atoms with Gasteiger partial charge < -0.3 is 9.47 Å². The van der Waals surface area contributed by atoms with Crippen molar-refractivity contribution in [3.63, 3.8) is 0 Å². The van der Waals surface area contributed by atoms with Crippen LogP contribution in [0.1, 0.15) is 53.4 Å². The van der Waals surface area contributed by atoms with E-state index >= 15 is 0 Å². The van der Waals surface area contributed by atoms with Crippen LogP contribution in [0.15, 0.2) is 0 Å². The molecule has 3 nitrogen and oxygen atoms in total. The molecule has 0 aromatic carbocycles. The molecular formula is C13H26O3. The lowest BCUT2D eigenvalue weighted by atomic mass is 9.96. The molecule has 0 bridgehead atoms. The van der Waals surface area contributed by atoms with E-state index in [0.29, 0.717) is 6.61 Å². The Morgan fingerprint density at radius 3 is 2.50 bits per heavy atom. The van der Waals surface area contributed by atoms with Crippen LogP contribution in [0.25, 0.3) is 0 Å². The predicted molar refractivity (Wildman–Crippen MR) is 65.4 cm³/mol. The van der Waals surface area contributed by atoms with Crippen LogP contribution < -0.4 is 0 Å². The molecule has 0 heterocycles. The minimum absolute atomic E-state index is 0.0359. The zero-order valence-electron chi connectivity index (χ0n) is 11.3. The number of carbonyl (C=O) groups excluding carboxylic acids is 1. The molecule has 3 heteroatoms. The van der Waals surface area contributed by atoms with Crippen LogP contribution in [0.5, 0.6) is 0 Å². The summed E-state index contributed by atoms with van der Waals surface area (Å²) >= 11 is 0. The van der Waals surface area contributed by atoms with Gasteiger partial charge in [0.05, 0.1) is 18.1 Å². The predicted octanol–water partition coefficient (Wildman–Crippen LogP) is 3.17. The number of hydrogen-bond donors (Lipinski definition) is 0. The van der Waals surface area contributed by atoms with Crippen molar-refractivity contribution in [2.24, 2.45) is 5.92 Å². The summed E-state index contributed by atoms with van der Waals surface area (Å²) in [5.41, 5.74) is -0.155. The molecule has 0 rings (SSSR count). The first-order chi connectivity index (χ1) is 7.43. The zero-order chi connectivity index (χ0) is 12.6. The van der Waals surface area contributed by atoms with Crippen molar-refractivity contribution >= 4 is 5.97 Å². The summed E-state index contributed by atoms with van der Waals surface area (Å²) < 4.78 is 10.5. The van der Waals surface area contributed by atoms with E-state index in [2.05, 4.69) is 6.92 Å². The zero-order valence-corrected chi connectivity index (χ0v) is 11.3. The van der Waals surface area contributed by atoms with Gasteiger partial charge in [0.1, 0.15) is 0 Å². The maximum Gasteiger partial charge on any atom is 0.308 e. The molecule has 0 aliphatic rings. The van der Waals surface area contributed by atoms with Gasteiger partial charge in [-0.2, -0.15) is 0 Å². The van der Waals surface area contributed by atoms with Gasteiger partial charge in [-0.15, -0.1) is 0 Å². The summed E-state index contributed by atoms with van der Waals surface area (Å²) in [4.78, 5) is 11.6. The lowest BCUT2D eigenvalue weighted by molar-refractivity contribution is -0.148. The highest BCUT2D eigenvalue weighted by Gasteiger charge is 2.21. The monoisotopic (exact) mass is 230 g/mol. The van der Waals surface area contributed by atoms with Gasteiger partial charge in [-0.3, -0.25) is 4.79 Å². The molecule has 0 amide bonds. The van der Waals surface area contributed by atoms with E-state index in [-0.39, 0.29) is 17.5 Å². The van der Waals surface area contributed by atoms with Gasteiger partial charge in [0.25, 0.3) is 0 Å². The van der Waals surface area contributed by atoms with Gasteiger partial charge in [-0.25, -0.2) is 0 Å². The third-order valence-electron chi connectivity index (χ3n) is 2.88. The third kappa shape index (κ3) is 6.83. The molecule has 0 saturated carbocycles. The van der Waals surface area contributed by atoms with Crippen molar-refractivity contribution in [3.05, 3.63) is 0 Å². The molecule has 0 aliphatic carbocycles. The fourth-order valence-electron chi connectivity index (χ4n) is 1.24. The van der Waals surface area contributed by atoms with Crippen LogP contribution in [-0.4, -0.2) is 25.3 Å². The second-order valence-corrected chi connectivity index (χ2v) is 4.92. The lowest BCUT2D eigenvalue weighted by Gasteiger charge is -2.24. The average molecular weight is 230 g/mol. The molecule has 0 spiro atoms. The Labute approximate surface area is 99.5 Å². The van der Waals surface area contributed by atoms with Crippen molar-refractivity contribution < 1.29 is 14.3 Å². The van der Waals surface area contributed by atoms with E-state index in [1.54, 1.807) is 7.11 Å². The number of hydrogen-bond acceptors (Lipinski definition) is 3. The quantitative estimate of drug-likeness (QED) is 0.474. The van der Waals surface area contributed by atoms with Crippen molar-refractivity contribution in [2.45, 2.75) is 59.0 Å². The maximum atomic E-state index is 11.6. The van der Waals surface area contributed by atoms with Crippen LogP contribution >= 0.6 is 0 Å². The molecule has 0 radical (unpaired) electrons. The number of ether oxygens (including phenoxy) is 2. The van der Waals surface area contributed by atoms with Crippen LogP contribution in [0.3, 0.4) is 0 Å². The summed E-state index contributed by atoms with van der Waals surface area (Å²) in [5.74, 6) is -0.119. The third-order valence-corrected chi connectivity index (χ3v) is 2.88. The fourth-order valence-corrected chi connectivity index (χ4v) is 1.24. The average Bonchev–Trinajstić information content (AvgIpc) is 2.26. The van der Waals surface area contributed by atoms with Gasteiger partial charge in [0.2, 0.25) is 0 Å². The molecule has 1 atom stereocenters. The van der Waals surface area contributed by atoms with Crippen molar-refractivity contribution in [1.29, 1.82) is 0 Å². The Hall–Kier alpha value is -0.570. The summed E-state index contributed by atoms with van der Waals surface area (Å²) in [6.07, 6.45) is 3.68. The van der Waals surface area contributed by atoms with E-state index in [1.165, 1.54) is 0 Å². The molecule has 0 aromatic rings. The van der Waals surface area contributed by atoms with Gasteiger partial charge >= 0.3 is 5.97 Å². The first kappa shape index (κ1) is 15.4. The number of rotatable bonds is 8. The minimum atomic E-state index is -0.155. The first-order valence-corrected chi connectivity index (χ1v) is 6.14. The van der Waals surface area contributed by atoms with Gasteiger partial charge in [-0.05, 0) is 33.1 Å². The van der Waals surface area contributed by atoms with E-state index < -0.39 is 0 Å². The summed E-state index contributed by atoms with van der Waals surface area (Å²) in [5, 5.41) is 0. The largest absolute Gasteiger partial charge is 0.465 e. The number of unbranched alkanes of at least 4 members (excludes halogenated alkanes) is 1. The maximum absolute atomic E-state index is 11.6. The van der Waals surface area contributed by atoms with Crippen LogP contribution in [0.2, 0.25) is 0 Å². The van der Waals surface area contributed by atoms with Gasteiger partial charge in [-0.1, -0.05) is 20.3 Å². The molecular weight excluding hydrogens is 204 g/mol. The second-order valence-electron chi connectivity index (χ2n) is 4.92. The standard InChI is InChI=1S/C13H26O3/c1-6-7-10-16-12(14)11(2)8-9-13(3,4)15-5/h11H,6-10H2,1-5H3. The molecule has 0 N–H and O–H groups in total. The van der Waals surface area contributed by atoms with Crippen molar-refractivity contribution in [2.75, 3.05) is 13.7 Å². The fraction of sp³-hybridized carbons (Fsp3) is 0.923. The Kier molecular flexibility index (Phi) is 7.39. The van der Waals surface area contributed by atoms with Gasteiger partial charge in [0.15, 0.2) is 0 Å². The molecule has 16 heavy (non-hydrogen) atoms. The van der Waals surface area contributed by atoms with E-state index in [1.807, 2.05) is 20.8 Å². The van der Waals surface area contributed by atoms with Crippen molar-refractivity contribution in [1.82, 2.24) is 0 Å². The highest BCUT2D eigenvalue weighted by atomic mass is 16.5. The molecule has 0 fully saturated rings. The minimum Gasteiger partial charge on any atom is -0.465 e. The normalized spacial score (nSPS) is 13.6. The Balaban J connectivity index is 3.79. The second kappa shape index (κ2) is 7.66. The number of methoxy groups -OCH3 is 1. The van der Waals surface area contributed by atoms with E-state index in [0.717, 1.165) is 25.7 Å². The van der Waals surface area contributed by atoms with Crippen LogP contribution in [0.4, 0.5) is 0 Å². The van der Waals surface area contributed by atoms with Gasteiger partial charge in [0, 0.05) is 7.11 Å². The summed E-state index contributed by atoms with van der Waals surface area (Å²) in [6, 6.07) is 0. The molecule has 0 aromatic heterocycles. The molecule has 0 saturated heterocycles. The number of esters is 1. The summed E-state index contributed by atoms with van der Waals surface area (Å²) in [7, 11) is 1.70. The Morgan fingerprint density at radius 2 is 2.00 bits per heavy atom. The van der Waals surface area contributed by atoms with Crippen LogP contribution in [-0.2, 0) is 14.3 Å². The molecule has 1 unspecified atom stereocenters. The molecule has 0 aliphatic heterocycles. The Bertz CT molecular complexity index is 199. The lowest BCUT2D eigenvalue weighted by Crippen LogP contribution is -2.25.